The van der Waals surface area contributed by atoms with E-state index < -0.39 is 12.0 Å². The molecule has 0 aliphatic carbocycles. The number of rotatable bonds is 4. The second kappa shape index (κ2) is 7.18. The molecule has 2 aromatic carbocycles. The highest BCUT2D eigenvalue weighted by Crippen LogP contribution is 2.32. The van der Waals surface area contributed by atoms with Gasteiger partial charge in [0.25, 0.3) is 5.91 Å². The van der Waals surface area contributed by atoms with Gasteiger partial charge >= 0.3 is 0 Å². The van der Waals surface area contributed by atoms with Crippen molar-refractivity contribution in [3.63, 3.8) is 0 Å². The number of carbonyl (C=O) groups is 1. The van der Waals surface area contributed by atoms with Gasteiger partial charge in [0.1, 0.15) is 11.6 Å². The van der Waals surface area contributed by atoms with E-state index in [2.05, 4.69) is 5.32 Å². The van der Waals surface area contributed by atoms with Crippen molar-refractivity contribution in [3.8, 4) is 5.75 Å². The maximum Gasteiger partial charge on any atom is 0.265 e. The molecule has 0 unspecified atom stereocenters. The highest BCUT2D eigenvalue weighted by molar-refractivity contribution is 6.44. The molecular formula is C15H11Cl3FNO2. The molecule has 0 fully saturated rings. The number of ether oxygens (including phenoxy) is 1. The highest BCUT2D eigenvalue weighted by Gasteiger charge is 2.17. The normalized spacial score (nSPS) is 11.9. The fourth-order valence-electron chi connectivity index (χ4n) is 1.62. The van der Waals surface area contributed by atoms with Gasteiger partial charge in [0.2, 0.25) is 0 Å². The SMILES string of the molecule is C[C@@H](Oc1ccc(F)cc1)C(=O)Nc1cc(Cl)c(Cl)cc1Cl. The highest BCUT2D eigenvalue weighted by atomic mass is 35.5. The molecule has 22 heavy (non-hydrogen) atoms. The van der Waals surface area contributed by atoms with Crippen LogP contribution in [0, 0.1) is 5.82 Å². The lowest BCUT2D eigenvalue weighted by molar-refractivity contribution is -0.122. The van der Waals surface area contributed by atoms with Crippen LogP contribution in [0.2, 0.25) is 15.1 Å². The number of hydrogen-bond donors (Lipinski definition) is 1. The first-order valence-corrected chi connectivity index (χ1v) is 7.38. The number of anilines is 1. The summed E-state index contributed by atoms with van der Waals surface area (Å²) in [5, 5.41) is 3.42. The number of halogens is 4. The van der Waals surface area contributed by atoms with Gasteiger partial charge in [0, 0.05) is 0 Å². The monoisotopic (exact) mass is 361 g/mol. The van der Waals surface area contributed by atoms with E-state index in [1.165, 1.54) is 36.4 Å². The third-order valence-electron chi connectivity index (χ3n) is 2.76. The zero-order valence-electron chi connectivity index (χ0n) is 11.4. The Morgan fingerprint density at radius 3 is 2.32 bits per heavy atom. The number of hydrogen-bond acceptors (Lipinski definition) is 2. The van der Waals surface area contributed by atoms with Crippen molar-refractivity contribution in [1.29, 1.82) is 0 Å². The van der Waals surface area contributed by atoms with Gasteiger partial charge in [-0.3, -0.25) is 4.79 Å². The van der Waals surface area contributed by atoms with E-state index in [0.717, 1.165) is 0 Å². The third-order valence-corrected chi connectivity index (χ3v) is 3.80. The van der Waals surface area contributed by atoms with Crippen molar-refractivity contribution in [2.75, 3.05) is 5.32 Å². The molecule has 0 radical (unpaired) electrons. The van der Waals surface area contributed by atoms with E-state index in [-0.39, 0.29) is 15.9 Å². The van der Waals surface area contributed by atoms with Crippen LogP contribution < -0.4 is 10.1 Å². The van der Waals surface area contributed by atoms with E-state index in [1.54, 1.807) is 6.92 Å². The van der Waals surface area contributed by atoms with Crippen LogP contribution in [0.4, 0.5) is 10.1 Å². The minimum atomic E-state index is -0.809. The van der Waals surface area contributed by atoms with Crippen molar-refractivity contribution in [1.82, 2.24) is 0 Å². The van der Waals surface area contributed by atoms with Gasteiger partial charge < -0.3 is 10.1 Å². The largest absolute Gasteiger partial charge is 0.481 e. The smallest absolute Gasteiger partial charge is 0.265 e. The molecular weight excluding hydrogens is 352 g/mol. The minimum Gasteiger partial charge on any atom is -0.481 e. The Hall–Kier alpha value is -1.49. The molecule has 0 aromatic heterocycles. The van der Waals surface area contributed by atoms with Crippen molar-refractivity contribution in [2.45, 2.75) is 13.0 Å². The van der Waals surface area contributed by atoms with E-state index >= 15 is 0 Å². The molecule has 0 bridgehead atoms. The Morgan fingerprint density at radius 1 is 1.09 bits per heavy atom. The minimum absolute atomic E-state index is 0.261. The van der Waals surface area contributed by atoms with Gasteiger partial charge in [-0.1, -0.05) is 34.8 Å². The van der Waals surface area contributed by atoms with Gasteiger partial charge in [0.05, 0.1) is 20.8 Å². The van der Waals surface area contributed by atoms with Gasteiger partial charge in [-0.15, -0.1) is 0 Å². The fourth-order valence-corrected chi connectivity index (χ4v) is 2.22. The summed E-state index contributed by atoms with van der Waals surface area (Å²) in [6.45, 7) is 1.56. The molecule has 2 rings (SSSR count). The Bertz CT molecular complexity index is 692. The first-order chi connectivity index (χ1) is 10.4. The van der Waals surface area contributed by atoms with E-state index in [4.69, 9.17) is 39.5 Å². The molecule has 2 aromatic rings. The summed E-state index contributed by atoms with van der Waals surface area (Å²) >= 11 is 17.7. The van der Waals surface area contributed by atoms with Crippen molar-refractivity contribution in [2.24, 2.45) is 0 Å². The second-order valence-corrected chi connectivity index (χ2v) is 5.67. The summed E-state index contributed by atoms with van der Waals surface area (Å²) in [5.74, 6) is -0.430. The first-order valence-electron chi connectivity index (χ1n) is 6.24. The molecule has 3 nitrogen and oxygen atoms in total. The molecule has 0 spiro atoms. The Balaban J connectivity index is 2.05. The summed E-state index contributed by atoms with van der Waals surface area (Å²) < 4.78 is 18.2. The molecule has 116 valence electrons. The number of benzene rings is 2. The maximum atomic E-state index is 12.8. The standard InChI is InChI=1S/C15H11Cl3FNO2/c1-8(22-10-4-2-9(19)3-5-10)15(21)20-14-7-12(17)11(16)6-13(14)18/h2-8H,1H3,(H,20,21)/t8-/m1/s1. The van der Waals surface area contributed by atoms with Crippen molar-refractivity contribution in [3.05, 3.63) is 57.3 Å². The molecule has 1 atom stereocenters. The summed E-state index contributed by atoms with van der Waals surface area (Å²) in [5.41, 5.74) is 0.329. The maximum absolute atomic E-state index is 12.8. The lowest BCUT2D eigenvalue weighted by Gasteiger charge is -2.15. The topological polar surface area (TPSA) is 38.3 Å². The molecule has 1 N–H and O–H groups in total. The summed E-state index contributed by atoms with van der Waals surface area (Å²) in [4.78, 5) is 12.1. The molecule has 0 saturated carbocycles. The predicted octanol–water partition coefficient (Wildman–Crippen LogP) is 5.19. The number of nitrogens with one attached hydrogen (secondary N) is 1. The average Bonchev–Trinajstić information content (AvgIpc) is 2.47. The zero-order valence-corrected chi connectivity index (χ0v) is 13.6. The summed E-state index contributed by atoms with van der Waals surface area (Å²) in [6.07, 6.45) is -0.809. The molecule has 0 heterocycles. The molecule has 0 saturated heterocycles. The van der Waals surface area contributed by atoms with Crippen LogP contribution in [0.1, 0.15) is 6.92 Å². The van der Waals surface area contributed by atoms with Crippen molar-refractivity contribution < 1.29 is 13.9 Å². The zero-order chi connectivity index (χ0) is 16.3. The molecule has 7 heteroatoms. The third kappa shape index (κ3) is 4.26. The Morgan fingerprint density at radius 2 is 1.68 bits per heavy atom. The van der Waals surface area contributed by atoms with Gasteiger partial charge in [-0.25, -0.2) is 4.39 Å². The second-order valence-electron chi connectivity index (χ2n) is 4.45. The first kappa shape index (κ1) is 16.9. The lowest BCUT2D eigenvalue weighted by atomic mass is 10.3. The van der Waals surface area contributed by atoms with Crippen LogP contribution in [0.3, 0.4) is 0 Å². The van der Waals surface area contributed by atoms with Crippen molar-refractivity contribution >= 4 is 46.4 Å². The lowest BCUT2D eigenvalue weighted by Crippen LogP contribution is -2.30. The van der Waals surface area contributed by atoms with E-state index in [0.29, 0.717) is 16.5 Å². The van der Waals surface area contributed by atoms with Gasteiger partial charge in [0.15, 0.2) is 6.10 Å². The average molecular weight is 363 g/mol. The van der Waals surface area contributed by atoms with Crippen LogP contribution in [0.25, 0.3) is 0 Å². The molecule has 0 aliphatic heterocycles. The Kier molecular flexibility index (Phi) is 5.51. The van der Waals surface area contributed by atoms with E-state index in [1.807, 2.05) is 0 Å². The van der Waals surface area contributed by atoms with Crippen LogP contribution in [-0.2, 0) is 4.79 Å². The predicted molar refractivity (Wildman–Crippen MR) is 86.6 cm³/mol. The van der Waals surface area contributed by atoms with Gasteiger partial charge in [-0.2, -0.15) is 0 Å². The van der Waals surface area contributed by atoms with Gasteiger partial charge in [-0.05, 0) is 43.3 Å². The van der Waals surface area contributed by atoms with E-state index in [9.17, 15) is 9.18 Å². The van der Waals surface area contributed by atoms with Crippen LogP contribution >= 0.6 is 34.8 Å². The number of amides is 1. The molecule has 1 amide bonds. The van der Waals surface area contributed by atoms with Crippen LogP contribution in [0.5, 0.6) is 5.75 Å². The summed E-state index contributed by atoms with van der Waals surface area (Å²) in [7, 11) is 0. The van der Waals surface area contributed by atoms with Crippen LogP contribution in [-0.4, -0.2) is 12.0 Å². The quantitative estimate of drug-likeness (QED) is 0.760. The fraction of sp³-hybridized carbons (Fsp3) is 0.133. The molecule has 0 aliphatic rings. The number of carbonyl (C=O) groups excluding carboxylic acids is 1. The Labute approximate surface area is 141 Å². The van der Waals surface area contributed by atoms with Crippen LogP contribution in [0.15, 0.2) is 36.4 Å². The summed E-state index contributed by atoms with van der Waals surface area (Å²) in [6, 6.07) is 8.25.